The number of likely N-dealkylation sites (tertiary alicyclic amines) is 1. The standard InChI is InChI=1S/C14H18N4OS/c1-10-5-7-18(8-6-10)9-13(19)15-11-3-2-4-12-14(11)17-20-16-12/h2-4,10H,5-9H2,1H3,(H,15,19). The van der Waals surface area contributed by atoms with E-state index in [9.17, 15) is 4.79 Å². The molecule has 1 amide bonds. The fourth-order valence-corrected chi connectivity index (χ4v) is 3.07. The maximum Gasteiger partial charge on any atom is 0.238 e. The van der Waals surface area contributed by atoms with Crippen molar-refractivity contribution in [2.45, 2.75) is 19.8 Å². The molecule has 2 heterocycles. The minimum absolute atomic E-state index is 0.0278. The zero-order chi connectivity index (χ0) is 13.9. The summed E-state index contributed by atoms with van der Waals surface area (Å²) in [5, 5.41) is 2.95. The number of amides is 1. The fourth-order valence-electron chi connectivity index (χ4n) is 2.52. The summed E-state index contributed by atoms with van der Waals surface area (Å²) in [7, 11) is 0. The Balaban J connectivity index is 1.63. The first-order valence-corrected chi connectivity index (χ1v) is 7.69. The van der Waals surface area contributed by atoms with Gasteiger partial charge in [0.1, 0.15) is 11.0 Å². The van der Waals surface area contributed by atoms with Crippen molar-refractivity contribution in [1.82, 2.24) is 13.6 Å². The van der Waals surface area contributed by atoms with E-state index in [1.807, 2.05) is 18.2 Å². The molecule has 1 aliphatic rings. The number of benzene rings is 1. The molecular formula is C14H18N4OS. The monoisotopic (exact) mass is 290 g/mol. The van der Waals surface area contributed by atoms with Crippen LogP contribution in [0, 0.1) is 5.92 Å². The Hall–Kier alpha value is -1.53. The van der Waals surface area contributed by atoms with E-state index < -0.39 is 0 Å². The predicted molar refractivity (Wildman–Crippen MR) is 80.9 cm³/mol. The third-order valence-electron chi connectivity index (χ3n) is 3.80. The van der Waals surface area contributed by atoms with Gasteiger partial charge in [-0.15, -0.1) is 0 Å². The molecule has 1 aliphatic heterocycles. The quantitative estimate of drug-likeness (QED) is 0.943. The Morgan fingerprint density at radius 2 is 2.20 bits per heavy atom. The highest BCUT2D eigenvalue weighted by Gasteiger charge is 2.18. The number of fused-ring (bicyclic) bond motifs is 1. The highest BCUT2D eigenvalue weighted by atomic mass is 32.1. The van der Waals surface area contributed by atoms with Gasteiger partial charge >= 0.3 is 0 Å². The molecule has 0 radical (unpaired) electrons. The molecule has 0 aliphatic carbocycles. The van der Waals surface area contributed by atoms with Crippen LogP contribution in [0.15, 0.2) is 18.2 Å². The second-order valence-corrected chi connectivity index (χ2v) is 5.97. The first-order valence-electron chi connectivity index (χ1n) is 6.96. The van der Waals surface area contributed by atoms with E-state index in [4.69, 9.17) is 0 Å². The molecular weight excluding hydrogens is 272 g/mol. The molecule has 2 aromatic rings. The van der Waals surface area contributed by atoms with E-state index in [2.05, 4.69) is 25.9 Å². The van der Waals surface area contributed by atoms with Gasteiger partial charge in [-0.3, -0.25) is 9.69 Å². The maximum atomic E-state index is 12.1. The first kappa shape index (κ1) is 13.5. The van der Waals surface area contributed by atoms with Crippen molar-refractivity contribution in [2.24, 2.45) is 5.92 Å². The van der Waals surface area contributed by atoms with E-state index in [-0.39, 0.29) is 5.91 Å². The molecule has 20 heavy (non-hydrogen) atoms. The van der Waals surface area contributed by atoms with Crippen molar-refractivity contribution < 1.29 is 4.79 Å². The van der Waals surface area contributed by atoms with E-state index >= 15 is 0 Å². The summed E-state index contributed by atoms with van der Waals surface area (Å²) >= 11 is 1.17. The summed E-state index contributed by atoms with van der Waals surface area (Å²) in [6, 6.07) is 5.67. The van der Waals surface area contributed by atoms with Gasteiger partial charge < -0.3 is 5.32 Å². The second kappa shape index (κ2) is 5.85. The topological polar surface area (TPSA) is 58.1 Å². The van der Waals surface area contributed by atoms with Gasteiger partial charge in [0.15, 0.2) is 0 Å². The molecule has 0 unspecified atom stereocenters. The first-order chi connectivity index (χ1) is 9.72. The lowest BCUT2D eigenvalue weighted by atomic mass is 9.99. The molecule has 6 heteroatoms. The number of rotatable bonds is 3. The molecule has 1 N–H and O–H groups in total. The third-order valence-corrected chi connectivity index (χ3v) is 4.35. The number of carbonyl (C=O) groups excluding carboxylic acids is 1. The van der Waals surface area contributed by atoms with Gasteiger partial charge in [0.05, 0.1) is 24.0 Å². The Morgan fingerprint density at radius 3 is 3.00 bits per heavy atom. The summed E-state index contributed by atoms with van der Waals surface area (Å²) < 4.78 is 8.41. The Morgan fingerprint density at radius 1 is 1.40 bits per heavy atom. The van der Waals surface area contributed by atoms with Gasteiger partial charge in [0.2, 0.25) is 5.91 Å². The van der Waals surface area contributed by atoms with Crippen LogP contribution in [-0.4, -0.2) is 39.2 Å². The highest BCUT2D eigenvalue weighted by molar-refractivity contribution is 7.00. The van der Waals surface area contributed by atoms with E-state index in [1.54, 1.807) is 0 Å². The number of hydrogen-bond acceptors (Lipinski definition) is 5. The van der Waals surface area contributed by atoms with Gasteiger partial charge in [-0.25, -0.2) is 0 Å². The maximum absolute atomic E-state index is 12.1. The summed E-state index contributed by atoms with van der Waals surface area (Å²) in [5.41, 5.74) is 2.37. The molecule has 0 atom stereocenters. The zero-order valence-corrected chi connectivity index (χ0v) is 12.3. The van der Waals surface area contributed by atoms with Crippen LogP contribution in [0.2, 0.25) is 0 Å². The Labute approximate surface area is 122 Å². The molecule has 5 nitrogen and oxygen atoms in total. The van der Waals surface area contributed by atoms with Gasteiger partial charge in [0, 0.05) is 0 Å². The minimum atomic E-state index is 0.0278. The molecule has 1 fully saturated rings. The van der Waals surface area contributed by atoms with Crippen molar-refractivity contribution >= 4 is 34.4 Å². The van der Waals surface area contributed by atoms with Crippen LogP contribution >= 0.6 is 11.7 Å². The summed E-state index contributed by atoms with van der Waals surface area (Å²) in [6.07, 6.45) is 2.36. The van der Waals surface area contributed by atoms with Crippen LogP contribution in [0.4, 0.5) is 5.69 Å². The Kier molecular flexibility index (Phi) is 3.93. The lowest BCUT2D eigenvalue weighted by molar-refractivity contribution is -0.117. The van der Waals surface area contributed by atoms with E-state index in [0.29, 0.717) is 6.54 Å². The van der Waals surface area contributed by atoms with E-state index in [1.165, 1.54) is 24.6 Å². The van der Waals surface area contributed by atoms with Crippen molar-refractivity contribution in [1.29, 1.82) is 0 Å². The SMILES string of the molecule is CC1CCN(CC(=O)Nc2cccc3nsnc23)CC1. The number of piperidine rings is 1. The van der Waals surface area contributed by atoms with Gasteiger partial charge in [0.25, 0.3) is 0 Å². The lowest BCUT2D eigenvalue weighted by Crippen LogP contribution is -2.38. The molecule has 106 valence electrons. The van der Waals surface area contributed by atoms with Crippen molar-refractivity contribution in [3.8, 4) is 0 Å². The number of nitrogens with one attached hydrogen (secondary N) is 1. The van der Waals surface area contributed by atoms with Crippen molar-refractivity contribution in [2.75, 3.05) is 25.0 Å². The summed E-state index contributed by atoms with van der Waals surface area (Å²) in [4.78, 5) is 14.3. The van der Waals surface area contributed by atoms with Crippen LogP contribution in [0.3, 0.4) is 0 Å². The number of aromatic nitrogens is 2. The van der Waals surface area contributed by atoms with Crippen molar-refractivity contribution in [3.63, 3.8) is 0 Å². The van der Waals surface area contributed by atoms with Gasteiger partial charge in [-0.05, 0) is 44.0 Å². The number of carbonyl (C=O) groups is 1. The number of nitrogens with zero attached hydrogens (tertiary/aromatic N) is 3. The third kappa shape index (κ3) is 2.96. The number of hydrogen-bond donors (Lipinski definition) is 1. The molecule has 1 saturated heterocycles. The van der Waals surface area contributed by atoms with Crippen LogP contribution in [-0.2, 0) is 4.79 Å². The van der Waals surface area contributed by atoms with Crippen LogP contribution in [0.1, 0.15) is 19.8 Å². The summed E-state index contributed by atoms with van der Waals surface area (Å²) in [6.45, 7) is 4.75. The number of anilines is 1. The van der Waals surface area contributed by atoms with Gasteiger partial charge in [-0.2, -0.15) is 8.75 Å². The lowest BCUT2D eigenvalue weighted by Gasteiger charge is -2.29. The molecule has 3 rings (SSSR count). The molecule has 1 aromatic carbocycles. The predicted octanol–water partition coefficient (Wildman–Crippen LogP) is 2.36. The van der Waals surface area contributed by atoms with Crippen LogP contribution in [0.25, 0.3) is 11.0 Å². The summed E-state index contributed by atoms with van der Waals surface area (Å²) in [5.74, 6) is 0.809. The molecule has 1 aromatic heterocycles. The Bertz CT molecular complexity index is 604. The zero-order valence-electron chi connectivity index (χ0n) is 11.5. The average molecular weight is 290 g/mol. The molecule has 0 spiro atoms. The minimum Gasteiger partial charge on any atom is -0.323 e. The van der Waals surface area contributed by atoms with Crippen LogP contribution < -0.4 is 5.32 Å². The van der Waals surface area contributed by atoms with Crippen LogP contribution in [0.5, 0.6) is 0 Å². The molecule has 0 saturated carbocycles. The average Bonchev–Trinajstić information content (AvgIpc) is 2.91. The normalized spacial score (nSPS) is 17.4. The van der Waals surface area contributed by atoms with E-state index in [0.717, 1.165) is 35.7 Å². The highest BCUT2D eigenvalue weighted by Crippen LogP contribution is 2.21. The fraction of sp³-hybridized carbons (Fsp3) is 0.500. The smallest absolute Gasteiger partial charge is 0.238 e. The van der Waals surface area contributed by atoms with Crippen molar-refractivity contribution in [3.05, 3.63) is 18.2 Å². The second-order valence-electron chi connectivity index (χ2n) is 5.44. The van der Waals surface area contributed by atoms with Gasteiger partial charge in [-0.1, -0.05) is 13.0 Å². The largest absolute Gasteiger partial charge is 0.323 e. The molecule has 0 bridgehead atoms.